The summed E-state index contributed by atoms with van der Waals surface area (Å²) in [6, 6.07) is 0. The van der Waals surface area contributed by atoms with Crippen molar-refractivity contribution < 1.29 is 14.3 Å². The minimum Gasteiger partial charge on any atom is -0.469 e. The van der Waals surface area contributed by atoms with Crippen LogP contribution in [0.3, 0.4) is 0 Å². The Hall–Kier alpha value is -0.160. The van der Waals surface area contributed by atoms with Gasteiger partial charge in [-0.25, -0.2) is 0 Å². The van der Waals surface area contributed by atoms with Gasteiger partial charge >= 0.3 is 5.97 Å². The Labute approximate surface area is 118 Å². The summed E-state index contributed by atoms with van der Waals surface area (Å²) in [6.45, 7) is 4.36. The Morgan fingerprint density at radius 1 is 1.33 bits per heavy atom. The number of carbonyl (C=O) groups is 2. The third kappa shape index (κ3) is 9.83. The molecule has 0 aromatic heterocycles. The molecule has 0 rings (SSSR count). The Kier molecular flexibility index (Phi) is 11.8. The highest BCUT2D eigenvalue weighted by molar-refractivity contribution is 8.76. The number of hydrogen-bond donors (Lipinski definition) is 0. The van der Waals surface area contributed by atoms with E-state index in [4.69, 9.17) is 0 Å². The lowest BCUT2D eigenvalue weighted by Crippen LogP contribution is -2.09. The van der Waals surface area contributed by atoms with E-state index in [1.807, 2.05) is 21.6 Å². The van der Waals surface area contributed by atoms with Crippen LogP contribution in [0, 0.1) is 5.92 Å². The van der Waals surface area contributed by atoms with Crippen molar-refractivity contribution in [3.63, 3.8) is 0 Å². The van der Waals surface area contributed by atoms with E-state index in [9.17, 15) is 9.59 Å². The Morgan fingerprint density at radius 3 is 2.61 bits per heavy atom. The average Bonchev–Trinajstić information content (AvgIpc) is 2.38. The van der Waals surface area contributed by atoms with Crippen LogP contribution >= 0.6 is 21.6 Å². The van der Waals surface area contributed by atoms with Gasteiger partial charge in [-0.1, -0.05) is 35.4 Å². The summed E-state index contributed by atoms with van der Waals surface area (Å²) in [5, 5.41) is 0.558. The van der Waals surface area contributed by atoms with Gasteiger partial charge in [-0.05, 0) is 25.7 Å². The van der Waals surface area contributed by atoms with Crippen molar-refractivity contribution in [1.29, 1.82) is 0 Å². The molecule has 3 nitrogen and oxygen atoms in total. The number of carbonyl (C=O) groups excluding carboxylic acids is 2. The Bertz CT molecular complexity index is 234. The van der Waals surface area contributed by atoms with Crippen LogP contribution in [-0.4, -0.2) is 30.4 Å². The molecule has 0 bridgehead atoms. The van der Waals surface area contributed by atoms with Gasteiger partial charge in [-0.2, -0.15) is 0 Å². The predicted octanol–water partition coefficient (Wildman–Crippen LogP) is 3.71. The molecule has 0 aliphatic carbocycles. The van der Waals surface area contributed by atoms with E-state index in [0.29, 0.717) is 18.1 Å². The molecule has 0 aliphatic heterocycles. The fourth-order valence-corrected chi connectivity index (χ4v) is 3.93. The molecule has 106 valence electrons. The molecule has 18 heavy (non-hydrogen) atoms. The van der Waals surface area contributed by atoms with Gasteiger partial charge in [0.15, 0.2) is 0 Å². The summed E-state index contributed by atoms with van der Waals surface area (Å²) in [4.78, 5) is 21.9. The van der Waals surface area contributed by atoms with Crippen molar-refractivity contribution in [2.75, 3.05) is 12.9 Å². The lowest BCUT2D eigenvalue weighted by molar-refractivity contribution is -0.140. The number of esters is 1. The highest BCUT2D eigenvalue weighted by Crippen LogP contribution is 2.30. The zero-order valence-electron chi connectivity index (χ0n) is 11.5. The van der Waals surface area contributed by atoms with Crippen molar-refractivity contribution in [3.05, 3.63) is 0 Å². The lowest BCUT2D eigenvalue weighted by atomic mass is 9.98. The van der Waals surface area contributed by atoms with Crippen LogP contribution in [-0.2, 0) is 14.3 Å². The number of aldehydes is 1. The van der Waals surface area contributed by atoms with Crippen LogP contribution in [0.15, 0.2) is 0 Å². The van der Waals surface area contributed by atoms with E-state index >= 15 is 0 Å². The van der Waals surface area contributed by atoms with E-state index < -0.39 is 0 Å². The molecular weight excluding hydrogens is 268 g/mol. The SMILES string of the molecule is CCCSSC(C)CCC(C=O)CCC(=O)OC. The monoisotopic (exact) mass is 292 g/mol. The van der Waals surface area contributed by atoms with Crippen molar-refractivity contribution >= 4 is 33.8 Å². The van der Waals surface area contributed by atoms with Crippen molar-refractivity contribution in [3.8, 4) is 0 Å². The van der Waals surface area contributed by atoms with Crippen LogP contribution in [0.1, 0.15) is 46.0 Å². The van der Waals surface area contributed by atoms with E-state index in [-0.39, 0.29) is 11.9 Å². The van der Waals surface area contributed by atoms with Crippen LogP contribution in [0.2, 0.25) is 0 Å². The van der Waals surface area contributed by atoms with Gasteiger partial charge in [0, 0.05) is 23.3 Å². The fraction of sp³-hybridized carbons (Fsp3) is 0.846. The molecule has 0 aromatic rings. The highest BCUT2D eigenvalue weighted by atomic mass is 33.1. The Morgan fingerprint density at radius 2 is 2.06 bits per heavy atom. The zero-order chi connectivity index (χ0) is 13.8. The standard InChI is InChI=1S/C13H24O3S2/c1-4-9-17-18-11(2)5-6-12(10-14)7-8-13(15)16-3/h10-12H,4-9H2,1-3H3. The van der Waals surface area contributed by atoms with E-state index in [2.05, 4.69) is 18.6 Å². The van der Waals surface area contributed by atoms with Crippen molar-refractivity contribution in [1.82, 2.24) is 0 Å². The summed E-state index contributed by atoms with van der Waals surface area (Å²) >= 11 is 0. The second-order valence-corrected chi connectivity index (χ2v) is 7.24. The smallest absolute Gasteiger partial charge is 0.305 e. The minimum atomic E-state index is -0.234. The molecule has 0 aliphatic rings. The molecule has 0 N–H and O–H groups in total. The van der Waals surface area contributed by atoms with Gasteiger partial charge in [0.1, 0.15) is 6.29 Å². The third-order valence-corrected chi connectivity index (χ3v) is 5.77. The second-order valence-electron chi connectivity index (χ2n) is 4.32. The molecule has 0 spiro atoms. The number of rotatable bonds is 11. The summed E-state index contributed by atoms with van der Waals surface area (Å²) in [7, 11) is 5.17. The maximum Gasteiger partial charge on any atom is 0.305 e. The molecule has 2 atom stereocenters. The number of ether oxygens (including phenoxy) is 1. The molecule has 0 saturated carbocycles. The van der Waals surface area contributed by atoms with Gasteiger partial charge in [-0.3, -0.25) is 4.79 Å². The molecule has 0 radical (unpaired) electrons. The summed E-state index contributed by atoms with van der Waals surface area (Å²) in [5.74, 6) is 0.931. The largest absolute Gasteiger partial charge is 0.469 e. The molecule has 0 saturated heterocycles. The molecule has 5 heteroatoms. The summed E-state index contributed by atoms with van der Waals surface area (Å²) in [5.41, 5.74) is 0. The average molecular weight is 292 g/mol. The molecular formula is C13H24O3S2. The van der Waals surface area contributed by atoms with Crippen LogP contribution in [0.4, 0.5) is 0 Å². The summed E-state index contributed by atoms with van der Waals surface area (Å²) in [6.07, 6.45) is 5.00. The van der Waals surface area contributed by atoms with Crippen LogP contribution < -0.4 is 0 Å². The predicted molar refractivity (Wildman–Crippen MR) is 79.8 cm³/mol. The minimum absolute atomic E-state index is 0.0108. The van der Waals surface area contributed by atoms with Gasteiger partial charge < -0.3 is 9.53 Å². The first kappa shape index (κ1) is 17.8. The van der Waals surface area contributed by atoms with E-state index in [0.717, 1.165) is 19.1 Å². The normalized spacial score (nSPS) is 13.9. The quantitative estimate of drug-likeness (QED) is 0.251. The maximum absolute atomic E-state index is 11.0. The summed E-state index contributed by atoms with van der Waals surface area (Å²) < 4.78 is 4.57. The highest BCUT2D eigenvalue weighted by Gasteiger charge is 2.13. The van der Waals surface area contributed by atoms with Crippen LogP contribution in [0.5, 0.6) is 0 Å². The topological polar surface area (TPSA) is 43.4 Å². The molecule has 0 heterocycles. The first-order chi connectivity index (χ1) is 8.63. The first-order valence-electron chi connectivity index (χ1n) is 6.44. The van der Waals surface area contributed by atoms with Gasteiger partial charge in [0.05, 0.1) is 7.11 Å². The molecule has 0 fully saturated rings. The maximum atomic E-state index is 11.0. The molecule has 0 amide bonds. The Balaban J connectivity index is 3.71. The first-order valence-corrected chi connectivity index (χ1v) is 8.82. The number of methoxy groups -OCH3 is 1. The fourth-order valence-electron chi connectivity index (χ4n) is 1.43. The van der Waals surface area contributed by atoms with Crippen LogP contribution in [0.25, 0.3) is 0 Å². The molecule has 2 unspecified atom stereocenters. The molecule has 0 aromatic carbocycles. The van der Waals surface area contributed by atoms with Gasteiger partial charge in [-0.15, -0.1) is 0 Å². The third-order valence-electron chi connectivity index (χ3n) is 2.60. The lowest BCUT2D eigenvalue weighted by Gasteiger charge is -2.13. The zero-order valence-corrected chi connectivity index (χ0v) is 13.1. The van der Waals surface area contributed by atoms with Gasteiger partial charge in [0.2, 0.25) is 0 Å². The number of hydrogen-bond acceptors (Lipinski definition) is 5. The van der Waals surface area contributed by atoms with Gasteiger partial charge in [0.25, 0.3) is 0 Å². The van der Waals surface area contributed by atoms with Crippen molar-refractivity contribution in [2.24, 2.45) is 5.92 Å². The van der Waals surface area contributed by atoms with E-state index in [1.54, 1.807) is 0 Å². The van der Waals surface area contributed by atoms with E-state index in [1.165, 1.54) is 19.3 Å². The second kappa shape index (κ2) is 11.9. The van der Waals surface area contributed by atoms with Crippen molar-refractivity contribution in [2.45, 2.75) is 51.2 Å².